The molecule has 0 fully saturated rings. The Balaban J connectivity index is 0.000000331. The first-order valence-electron chi connectivity index (χ1n) is 5.32. The van der Waals surface area contributed by atoms with Gasteiger partial charge in [-0.1, -0.05) is 54.3 Å². The molecule has 0 nitrogen and oxygen atoms in total. The third-order valence-electron chi connectivity index (χ3n) is 1.72. The van der Waals surface area contributed by atoms with Crippen molar-refractivity contribution in [1.82, 2.24) is 0 Å². The molecule has 1 aromatic rings. The van der Waals surface area contributed by atoms with E-state index in [1.165, 1.54) is 12.1 Å². The highest BCUT2D eigenvalue weighted by molar-refractivity contribution is 5.17. The topological polar surface area (TPSA) is 0 Å². The van der Waals surface area contributed by atoms with E-state index < -0.39 is 11.7 Å². The number of allylic oxidation sites excluding steroid dienone is 2. The standard InChI is InChI=1S/C8H10.C7H5F3/c1-3-5-7-8-6-4-2;8-7(9,10)6-4-2-1-3-5-6/h3-4H,1-2,5-6H2;1-5H. The molecule has 0 saturated carbocycles. The fourth-order valence-corrected chi connectivity index (χ4v) is 0.916. The molecule has 0 N–H and O–H groups in total. The lowest BCUT2D eigenvalue weighted by atomic mass is 10.2. The van der Waals surface area contributed by atoms with Crippen molar-refractivity contribution in [3.05, 3.63) is 61.2 Å². The van der Waals surface area contributed by atoms with Gasteiger partial charge in [-0.05, 0) is 0 Å². The van der Waals surface area contributed by atoms with Crippen LogP contribution in [0, 0.1) is 11.8 Å². The van der Waals surface area contributed by atoms with Gasteiger partial charge in [-0.25, -0.2) is 0 Å². The molecule has 0 bridgehead atoms. The molecular weight excluding hydrogens is 237 g/mol. The van der Waals surface area contributed by atoms with Crippen LogP contribution in [0.5, 0.6) is 0 Å². The summed E-state index contributed by atoms with van der Waals surface area (Å²) in [6.07, 6.45) is 0.940. The van der Waals surface area contributed by atoms with Gasteiger partial charge in [-0.2, -0.15) is 13.2 Å². The lowest BCUT2D eigenvalue weighted by Crippen LogP contribution is -2.03. The molecule has 0 aliphatic rings. The van der Waals surface area contributed by atoms with Gasteiger partial charge in [-0.3, -0.25) is 0 Å². The number of benzene rings is 1. The van der Waals surface area contributed by atoms with Crippen molar-refractivity contribution in [2.24, 2.45) is 0 Å². The molecule has 0 aliphatic carbocycles. The summed E-state index contributed by atoms with van der Waals surface area (Å²) in [6.45, 7) is 7.06. The molecule has 0 spiro atoms. The Hall–Kier alpha value is -1.95. The molecule has 1 aromatic carbocycles. The molecule has 18 heavy (non-hydrogen) atoms. The van der Waals surface area contributed by atoms with Crippen molar-refractivity contribution in [1.29, 1.82) is 0 Å². The van der Waals surface area contributed by atoms with E-state index in [0.29, 0.717) is 0 Å². The van der Waals surface area contributed by atoms with E-state index >= 15 is 0 Å². The summed E-state index contributed by atoms with van der Waals surface area (Å²) >= 11 is 0. The van der Waals surface area contributed by atoms with Gasteiger partial charge in [-0.15, -0.1) is 13.2 Å². The second-order valence-corrected chi connectivity index (χ2v) is 3.20. The number of hydrogen-bond donors (Lipinski definition) is 0. The van der Waals surface area contributed by atoms with Crippen molar-refractivity contribution < 1.29 is 13.2 Å². The van der Waals surface area contributed by atoms with E-state index in [1.54, 1.807) is 18.2 Å². The average Bonchev–Trinajstić information content (AvgIpc) is 2.36. The molecular formula is C15H15F3. The van der Waals surface area contributed by atoms with Crippen LogP contribution in [-0.4, -0.2) is 0 Å². The molecule has 0 aromatic heterocycles. The average molecular weight is 252 g/mol. The first kappa shape index (κ1) is 16.1. The fourth-order valence-electron chi connectivity index (χ4n) is 0.916. The number of alkyl halides is 3. The predicted octanol–water partition coefficient (Wildman–Crippen LogP) is 4.85. The molecule has 0 atom stereocenters. The van der Waals surface area contributed by atoms with Crippen molar-refractivity contribution in [3.8, 4) is 11.8 Å². The van der Waals surface area contributed by atoms with Gasteiger partial charge in [0, 0.05) is 12.8 Å². The highest BCUT2D eigenvalue weighted by Crippen LogP contribution is 2.28. The monoisotopic (exact) mass is 252 g/mol. The third kappa shape index (κ3) is 8.23. The zero-order chi connectivity index (χ0) is 13.9. The smallest absolute Gasteiger partial charge is 0.166 e. The quantitative estimate of drug-likeness (QED) is 0.521. The number of hydrogen-bond acceptors (Lipinski definition) is 0. The van der Waals surface area contributed by atoms with Crippen molar-refractivity contribution in [2.75, 3.05) is 0 Å². The Bertz CT molecular complexity index is 391. The highest BCUT2D eigenvalue weighted by atomic mass is 19.4. The Morgan fingerprint density at radius 2 is 1.39 bits per heavy atom. The minimum atomic E-state index is -4.21. The normalized spacial score (nSPS) is 9.28. The van der Waals surface area contributed by atoms with Crippen LogP contribution in [0.2, 0.25) is 0 Å². The molecule has 0 heterocycles. The lowest BCUT2D eigenvalue weighted by Gasteiger charge is -2.03. The maximum Gasteiger partial charge on any atom is 0.416 e. The van der Waals surface area contributed by atoms with E-state index in [4.69, 9.17) is 0 Å². The van der Waals surface area contributed by atoms with Gasteiger partial charge in [0.05, 0.1) is 5.56 Å². The van der Waals surface area contributed by atoms with E-state index in [9.17, 15) is 13.2 Å². The van der Waals surface area contributed by atoms with Crippen LogP contribution in [0.25, 0.3) is 0 Å². The Kier molecular flexibility index (Phi) is 8.13. The van der Waals surface area contributed by atoms with Crippen LogP contribution in [0.4, 0.5) is 13.2 Å². The Labute approximate surface area is 106 Å². The van der Waals surface area contributed by atoms with E-state index in [-0.39, 0.29) is 0 Å². The minimum absolute atomic E-state index is 0.602. The summed E-state index contributed by atoms with van der Waals surface area (Å²) in [5.74, 6) is 5.79. The van der Waals surface area contributed by atoms with Crippen LogP contribution < -0.4 is 0 Å². The van der Waals surface area contributed by atoms with E-state index in [0.717, 1.165) is 25.0 Å². The maximum atomic E-state index is 11.8. The highest BCUT2D eigenvalue weighted by Gasteiger charge is 2.29. The molecule has 0 aliphatic heterocycles. The van der Waals surface area contributed by atoms with Gasteiger partial charge in [0.15, 0.2) is 0 Å². The summed E-state index contributed by atoms with van der Waals surface area (Å²) in [4.78, 5) is 0. The molecule has 96 valence electrons. The predicted molar refractivity (Wildman–Crippen MR) is 68.8 cm³/mol. The number of halogens is 3. The summed E-state index contributed by atoms with van der Waals surface area (Å²) in [5.41, 5.74) is -0.602. The van der Waals surface area contributed by atoms with Crippen molar-refractivity contribution >= 4 is 0 Å². The first-order valence-corrected chi connectivity index (χ1v) is 5.32. The fraction of sp³-hybridized carbons (Fsp3) is 0.200. The van der Waals surface area contributed by atoms with Gasteiger partial charge < -0.3 is 0 Å². The van der Waals surface area contributed by atoms with Gasteiger partial charge in [0.2, 0.25) is 0 Å². The van der Waals surface area contributed by atoms with Crippen molar-refractivity contribution in [3.63, 3.8) is 0 Å². The Morgan fingerprint density at radius 1 is 0.944 bits per heavy atom. The second kappa shape index (κ2) is 9.12. The van der Waals surface area contributed by atoms with Crippen molar-refractivity contribution in [2.45, 2.75) is 19.0 Å². The maximum absolute atomic E-state index is 11.8. The van der Waals surface area contributed by atoms with Gasteiger partial charge >= 0.3 is 6.18 Å². The molecule has 0 unspecified atom stereocenters. The largest absolute Gasteiger partial charge is 0.416 e. The summed E-state index contributed by atoms with van der Waals surface area (Å²) in [7, 11) is 0. The zero-order valence-corrected chi connectivity index (χ0v) is 10.0. The van der Waals surface area contributed by atoms with E-state index in [2.05, 4.69) is 25.0 Å². The minimum Gasteiger partial charge on any atom is -0.166 e. The van der Waals surface area contributed by atoms with Crippen LogP contribution in [0.15, 0.2) is 55.6 Å². The number of rotatable bonds is 2. The third-order valence-corrected chi connectivity index (χ3v) is 1.72. The molecule has 1 rings (SSSR count). The Morgan fingerprint density at radius 3 is 1.67 bits per heavy atom. The lowest BCUT2D eigenvalue weighted by molar-refractivity contribution is -0.137. The van der Waals surface area contributed by atoms with Crippen LogP contribution in [0.3, 0.4) is 0 Å². The molecule has 3 heteroatoms. The van der Waals surface area contributed by atoms with Crippen LogP contribution >= 0.6 is 0 Å². The summed E-state index contributed by atoms with van der Waals surface area (Å²) < 4.78 is 35.4. The summed E-state index contributed by atoms with van der Waals surface area (Å²) in [5, 5.41) is 0. The SMILES string of the molecule is C=CCC#CCC=C.FC(F)(F)c1ccccc1. The first-order chi connectivity index (χ1) is 8.52. The molecule has 0 amide bonds. The van der Waals surface area contributed by atoms with Gasteiger partial charge in [0.1, 0.15) is 0 Å². The van der Waals surface area contributed by atoms with Crippen LogP contribution in [0.1, 0.15) is 18.4 Å². The zero-order valence-electron chi connectivity index (χ0n) is 10.0. The van der Waals surface area contributed by atoms with Crippen LogP contribution in [-0.2, 0) is 6.18 Å². The molecule has 0 saturated heterocycles. The van der Waals surface area contributed by atoms with E-state index in [1.807, 2.05) is 0 Å². The molecule has 0 radical (unpaired) electrons. The van der Waals surface area contributed by atoms with Gasteiger partial charge in [0.25, 0.3) is 0 Å². The second-order valence-electron chi connectivity index (χ2n) is 3.20. The summed E-state index contributed by atoms with van der Waals surface area (Å²) in [6, 6.07) is 6.36.